The molecule has 1 aromatic heterocycles. The monoisotopic (exact) mass is 717 g/mol. The number of hydrogen-bond donors (Lipinski definition) is 0. The maximum atomic E-state index is 7.05. The average Bonchev–Trinajstić information content (AvgIpc) is 3.25. The van der Waals surface area contributed by atoms with Gasteiger partial charge in [0, 0.05) is 21.7 Å². The highest BCUT2D eigenvalue weighted by atomic mass is 35.5. The number of aromatic nitrogens is 3. The molecule has 0 aliphatic carbocycles. The molecular formula is C51H28ClN3. The standard InChI is InChI=1S/C51H28ClN3/c52-38-25-36(24-37(26-38)51-54-49(32-12-6-2-7-13-32)53-50(55-51)33-14-8-3-9-15-33)42-28-35-19-18-34-27-41(29-10-4-1-5-11-29)39-22-20-30-16-17-31-21-23-40(42)48-44(31)43(30)47(39)45(34)46(35)48/h1-28H. The van der Waals surface area contributed by atoms with Crippen LogP contribution in [0.4, 0.5) is 0 Å². The smallest absolute Gasteiger partial charge is 0.164 e. The van der Waals surface area contributed by atoms with Crippen molar-refractivity contribution in [3.05, 3.63) is 175 Å². The third kappa shape index (κ3) is 4.54. The van der Waals surface area contributed by atoms with E-state index >= 15 is 0 Å². The molecule has 0 atom stereocenters. The summed E-state index contributed by atoms with van der Waals surface area (Å²) in [7, 11) is 0. The first-order chi connectivity index (χ1) is 27.2. The predicted molar refractivity (Wildman–Crippen MR) is 231 cm³/mol. The van der Waals surface area contributed by atoms with Crippen molar-refractivity contribution in [2.75, 3.05) is 0 Å². The molecular weight excluding hydrogens is 690 g/mol. The second kappa shape index (κ2) is 11.5. The topological polar surface area (TPSA) is 38.7 Å². The minimum atomic E-state index is 0.575. The van der Waals surface area contributed by atoms with Crippen molar-refractivity contribution in [1.29, 1.82) is 0 Å². The molecule has 0 spiro atoms. The summed E-state index contributed by atoms with van der Waals surface area (Å²) in [5.41, 5.74) is 7.33. The van der Waals surface area contributed by atoms with E-state index in [0.29, 0.717) is 22.5 Å². The molecule has 0 radical (unpaired) electrons. The molecule has 12 aromatic rings. The Morgan fingerprint density at radius 1 is 0.291 bits per heavy atom. The van der Waals surface area contributed by atoms with Crippen molar-refractivity contribution >= 4 is 76.2 Å². The summed E-state index contributed by atoms with van der Waals surface area (Å²) in [4.78, 5) is 15.0. The molecule has 0 unspecified atom stereocenters. The van der Waals surface area contributed by atoms with Crippen molar-refractivity contribution < 1.29 is 0 Å². The van der Waals surface area contributed by atoms with Gasteiger partial charge in [-0.25, -0.2) is 15.0 Å². The molecule has 11 aromatic carbocycles. The predicted octanol–water partition coefficient (Wildman–Crippen LogP) is 14.1. The largest absolute Gasteiger partial charge is 0.208 e. The molecule has 3 nitrogen and oxygen atoms in total. The lowest BCUT2D eigenvalue weighted by Crippen LogP contribution is -2.00. The number of halogens is 1. The van der Waals surface area contributed by atoms with Gasteiger partial charge >= 0.3 is 0 Å². The molecule has 0 aliphatic heterocycles. The normalized spacial score (nSPS) is 12.1. The Balaban J connectivity index is 1.14. The van der Waals surface area contributed by atoms with Gasteiger partial charge in [-0.05, 0) is 117 Å². The van der Waals surface area contributed by atoms with E-state index in [1.54, 1.807) is 0 Å². The van der Waals surface area contributed by atoms with Crippen LogP contribution in [0.5, 0.6) is 0 Å². The highest BCUT2D eigenvalue weighted by Crippen LogP contribution is 2.52. The molecule has 1 heterocycles. The zero-order valence-electron chi connectivity index (χ0n) is 29.4. The molecule has 0 amide bonds. The van der Waals surface area contributed by atoms with Crippen molar-refractivity contribution in [1.82, 2.24) is 15.0 Å². The van der Waals surface area contributed by atoms with Crippen LogP contribution in [0.3, 0.4) is 0 Å². The Morgan fingerprint density at radius 3 is 1.18 bits per heavy atom. The molecule has 12 rings (SSSR count). The number of benzene rings is 11. The summed E-state index contributed by atoms with van der Waals surface area (Å²) in [5, 5.41) is 16.0. The Kier molecular flexibility index (Phi) is 6.40. The van der Waals surface area contributed by atoms with Crippen molar-refractivity contribution in [2.24, 2.45) is 0 Å². The molecule has 0 bridgehead atoms. The maximum absolute atomic E-state index is 7.05. The first kappa shape index (κ1) is 30.5. The summed E-state index contributed by atoms with van der Waals surface area (Å²) < 4.78 is 0. The van der Waals surface area contributed by atoms with Crippen LogP contribution in [-0.2, 0) is 0 Å². The van der Waals surface area contributed by atoms with Crippen LogP contribution in [0.1, 0.15) is 0 Å². The second-order valence-electron chi connectivity index (χ2n) is 14.5. The Hall–Kier alpha value is -6.94. The molecule has 55 heavy (non-hydrogen) atoms. The minimum absolute atomic E-state index is 0.575. The quantitative estimate of drug-likeness (QED) is 0.131. The van der Waals surface area contributed by atoms with Crippen LogP contribution < -0.4 is 0 Å². The van der Waals surface area contributed by atoms with Crippen LogP contribution in [0, 0.1) is 0 Å². The van der Waals surface area contributed by atoms with Gasteiger partial charge < -0.3 is 0 Å². The summed E-state index contributed by atoms with van der Waals surface area (Å²) in [6, 6.07) is 60.2. The Bertz CT molecular complexity index is 3340. The van der Waals surface area contributed by atoms with E-state index in [1.807, 2.05) is 66.7 Å². The van der Waals surface area contributed by atoms with Gasteiger partial charge in [0.25, 0.3) is 0 Å². The fourth-order valence-corrected chi connectivity index (χ4v) is 9.22. The maximum Gasteiger partial charge on any atom is 0.164 e. The lowest BCUT2D eigenvalue weighted by Gasteiger charge is -2.23. The van der Waals surface area contributed by atoms with Crippen molar-refractivity contribution in [3.8, 4) is 56.4 Å². The number of rotatable bonds is 5. The average molecular weight is 718 g/mol. The van der Waals surface area contributed by atoms with E-state index in [9.17, 15) is 0 Å². The number of nitrogens with zero attached hydrogens (tertiary/aromatic N) is 3. The highest BCUT2D eigenvalue weighted by Gasteiger charge is 2.24. The fraction of sp³-hybridized carbons (Fsp3) is 0. The van der Waals surface area contributed by atoms with Crippen molar-refractivity contribution in [2.45, 2.75) is 0 Å². The fourth-order valence-electron chi connectivity index (χ4n) is 8.99. The zero-order valence-corrected chi connectivity index (χ0v) is 30.1. The Morgan fingerprint density at radius 2 is 0.673 bits per heavy atom. The SMILES string of the molecule is Clc1cc(-c2nc(-c3ccccc3)nc(-c3ccccc3)n2)cc(-c2cc3ccc4cc(-c5ccccc5)c5ccc6ccc7ccc2c2c7c6c5c4c32)c1. The van der Waals surface area contributed by atoms with Crippen LogP contribution in [0.2, 0.25) is 5.02 Å². The van der Waals surface area contributed by atoms with Crippen LogP contribution in [-0.4, -0.2) is 15.0 Å². The van der Waals surface area contributed by atoms with E-state index in [2.05, 4.69) is 103 Å². The van der Waals surface area contributed by atoms with Gasteiger partial charge in [0.1, 0.15) is 0 Å². The summed E-state index contributed by atoms with van der Waals surface area (Å²) in [5.74, 6) is 1.81. The van der Waals surface area contributed by atoms with Crippen LogP contribution in [0.15, 0.2) is 170 Å². The van der Waals surface area contributed by atoms with Gasteiger partial charge in [0.05, 0.1) is 0 Å². The number of hydrogen-bond acceptors (Lipinski definition) is 3. The van der Waals surface area contributed by atoms with Gasteiger partial charge in [0.2, 0.25) is 0 Å². The van der Waals surface area contributed by atoms with Gasteiger partial charge in [0.15, 0.2) is 17.5 Å². The third-order valence-electron chi connectivity index (χ3n) is 11.4. The molecule has 0 fully saturated rings. The first-order valence-corrected chi connectivity index (χ1v) is 18.9. The van der Waals surface area contributed by atoms with E-state index in [-0.39, 0.29) is 0 Å². The van der Waals surface area contributed by atoms with E-state index in [1.165, 1.54) is 75.8 Å². The third-order valence-corrected chi connectivity index (χ3v) is 11.6. The first-order valence-electron chi connectivity index (χ1n) is 18.5. The van der Waals surface area contributed by atoms with E-state index < -0.39 is 0 Å². The highest BCUT2D eigenvalue weighted by molar-refractivity contribution is 6.46. The molecule has 254 valence electrons. The van der Waals surface area contributed by atoms with E-state index in [4.69, 9.17) is 26.6 Å². The molecule has 0 saturated carbocycles. The molecule has 0 N–H and O–H groups in total. The van der Waals surface area contributed by atoms with E-state index in [0.717, 1.165) is 27.8 Å². The van der Waals surface area contributed by atoms with Gasteiger partial charge in [-0.2, -0.15) is 0 Å². The van der Waals surface area contributed by atoms with Crippen LogP contribution in [0.25, 0.3) is 121 Å². The Labute approximate surface area is 321 Å². The van der Waals surface area contributed by atoms with Gasteiger partial charge in [-0.15, -0.1) is 0 Å². The van der Waals surface area contributed by atoms with Crippen molar-refractivity contribution in [3.63, 3.8) is 0 Å². The molecule has 0 saturated heterocycles. The lowest BCUT2D eigenvalue weighted by atomic mass is 9.79. The summed E-state index contributed by atoms with van der Waals surface area (Å²) in [6.07, 6.45) is 0. The van der Waals surface area contributed by atoms with Gasteiger partial charge in [-0.3, -0.25) is 0 Å². The molecule has 4 heteroatoms. The zero-order chi connectivity index (χ0) is 36.2. The van der Waals surface area contributed by atoms with Gasteiger partial charge in [-0.1, -0.05) is 151 Å². The lowest BCUT2D eigenvalue weighted by molar-refractivity contribution is 1.07. The van der Waals surface area contributed by atoms with Crippen LogP contribution >= 0.6 is 11.6 Å². The summed E-state index contributed by atoms with van der Waals surface area (Å²) in [6.45, 7) is 0. The molecule has 0 aliphatic rings. The second-order valence-corrected chi connectivity index (χ2v) is 14.9. The summed E-state index contributed by atoms with van der Waals surface area (Å²) >= 11 is 7.05. The minimum Gasteiger partial charge on any atom is -0.208 e.